The zero-order chi connectivity index (χ0) is 20.4. The van der Waals surface area contributed by atoms with Crippen LogP contribution < -0.4 is 9.64 Å². The Morgan fingerprint density at radius 1 is 1.07 bits per heavy atom. The third kappa shape index (κ3) is 4.14. The third-order valence-corrected chi connectivity index (χ3v) is 4.26. The lowest BCUT2D eigenvalue weighted by Gasteiger charge is -2.39. The lowest BCUT2D eigenvalue weighted by atomic mass is 10.1. The quantitative estimate of drug-likeness (QED) is 0.617. The van der Waals surface area contributed by atoms with Gasteiger partial charge in [0.2, 0.25) is 5.89 Å². The van der Waals surface area contributed by atoms with Crippen molar-refractivity contribution in [3.8, 4) is 17.3 Å². The molecule has 0 N–H and O–H groups in total. The molecule has 1 aliphatic rings. The summed E-state index contributed by atoms with van der Waals surface area (Å²) in [6.07, 6.45) is -4.83. The average molecular weight is 407 g/mol. The lowest BCUT2D eigenvalue weighted by Crippen LogP contribution is -2.54. The van der Waals surface area contributed by atoms with Crippen LogP contribution in [0, 0.1) is 0 Å². The molecule has 29 heavy (non-hydrogen) atoms. The van der Waals surface area contributed by atoms with Crippen molar-refractivity contribution in [2.45, 2.75) is 18.9 Å². The Bertz CT molecular complexity index is 971. The van der Waals surface area contributed by atoms with Gasteiger partial charge in [-0.3, -0.25) is 0 Å². The van der Waals surface area contributed by atoms with Crippen LogP contribution >= 0.6 is 0 Å². The van der Waals surface area contributed by atoms with E-state index >= 15 is 0 Å². The van der Waals surface area contributed by atoms with Gasteiger partial charge >= 0.3 is 6.18 Å². The number of para-hydroxylation sites is 1. The van der Waals surface area contributed by atoms with Crippen LogP contribution in [-0.4, -0.2) is 46.7 Å². The highest BCUT2D eigenvalue weighted by Gasteiger charge is 2.36. The van der Waals surface area contributed by atoms with E-state index < -0.39 is 11.7 Å². The molecule has 0 bridgehead atoms. The first-order valence-corrected chi connectivity index (χ1v) is 8.67. The molecule has 11 heteroatoms. The van der Waals surface area contributed by atoms with E-state index in [0.717, 1.165) is 6.07 Å². The Labute approximate surface area is 163 Å². The second-order valence-electron chi connectivity index (χ2n) is 6.35. The second-order valence-corrected chi connectivity index (χ2v) is 6.35. The van der Waals surface area contributed by atoms with Gasteiger partial charge in [-0.15, -0.1) is 20.4 Å². The number of benzene rings is 1. The van der Waals surface area contributed by atoms with Crippen molar-refractivity contribution in [3.05, 3.63) is 47.9 Å². The number of anilines is 1. The highest BCUT2D eigenvalue weighted by Crippen LogP contribution is 2.37. The van der Waals surface area contributed by atoms with Crippen molar-refractivity contribution in [2.24, 2.45) is 0 Å². The predicted molar refractivity (Wildman–Crippen MR) is 94.1 cm³/mol. The van der Waals surface area contributed by atoms with Gasteiger partial charge in [0.1, 0.15) is 24.2 Å². The maximum atomic E-state index is 13.1. The van der Waals surface area contributed by atoms with E-state index in [-0.39, 0.29) is 24.4 Å². The van der Waals surface area contributed by atoms with Gasteiger partial charge in [-0.1, -0.05) is 12.1 Å². The van der Waals surface area contributed by atoms with E-state index in [4.69, 9.17) is 13.9 Å². The second kappa shape index (κ2) is 7.66. The summed E-state index contributed by atoms with van der Waals surface area (Å²) in [5.41, 5.74) is -0.369. The van der Waals surface area contributed by atoms with Gasteiger partial charge in [-0.05, 0) is 24.3 Å². The van der Waals surface area contributed by atoms with Gasteiger partial charge in [-0.2, -0.15) is 13.2 Å². The van der Waals surface area contributed by atoms with Crippen molar-refractivity contribution >= 4 is 5.82 Å². The first-order valence-electron chi connectivity index (χ1n) is 8.67. The molecule has 0 radical (unpaired) electrons. The summed E-state index contributed by atoms with van der Waals surface area (Å²) < 4.78 is 55.0. The minimum absolute atomic E-state index is 0.172. The number of halogens is 3. The van der Waals surface area contributed by atoms with Crippen LogP contribution in [0.2, 0.25) is 0 Å². The SMILES string of the molecule is COCc1nnc(-c2ccc(N3CC(Oc4ccccc4C(F)(F)F)C3)nn2)o1. The summed E-state index contributed by atoms with van der Waals surface area (Å²) in [6, 6.07) is 8.58. The molecule has 4 rings (SSSR count). The lowest BCUT2D eigenvalue weighted by molar-refractivity contribution is -0.139. The Kier molecular flexibility index (Phi) is 5.05. The molecular formula is C18H16F3N5O3. The molecule has 3 heterocycles. The molecule has 3 aromatic rings. The molecule has 1 aromatic carbocycles. The van der Waals surface area contributed by atoms with E-state index in [0.29, 0.717) is 30.5 Å². The van der Waals surface area contributed by atoms with Crippen LogP contribution in [0.1, 0.15) is 11.5 Å². The van der Waals surface area contributed by atoms with Gasteiger partial charge in [0.25, 0.3) is 5.89 Å². The smallest absolute Gasteiger partial charge is 0.419 e. The van der Waals surface area contributed by atoms with Crippen LogP contribution in [0.5, 0.6) is 5.75 Å². The number of methoxy groups -OCH3 is 1. The van der Waals surface area contributed by atoms with Gasteiger partial charge in [-0.25, -0.2) is 0 Å². The number of hydrogen-bond donors (Lipinski definition) is 0. The minimum Gasteiger partial charge on any atom is -0.486 e. The summed E-state index contributed by atoms with van der Waals surface area (Å²) in [6.45, 7) is 1.00. The summed E-state index contributed by atoms with van der Waals surface area (Å²) in [7, 11) is 1.52. The van der Waals surface area contributed by atoms with Crippen molar-refractivity contribution in [1.29, 1.82) is 0 Å². The summed E-state index contributed by atoms with van der Waals surface area (Å²) >= 11 is 0. The van der Waals surface area contributed by atoms with Crippen molar-refractivity contribution in [1.82, 2.24) is 20.4 Å². The topological polar surface area (TPSA) is 86.4 Å². The largest absolute Gasteiger partial charge is 0.486 e. The molecule has 2 aromatic heterocycles. The number of nitrogens with zero attached hydrogens (tertiary/aromatic N) is 5. The van der Waals surface area contributed by atoms with Gasteiger partial charge in [0.05, 0.1) is 18.7 Å². The fourth-order valence-corrected chi connectivity index (χ4v) is 2.83. The normalized spacial score (nSPS) is 14.7. The average Bonchev–Trinajstić information content (AvgIpc) is 3.13. The number of aromatic nitrogens is 4. The molecular weight excluding hydrogens is 391 g/mol. The minimum atomic E-state index is -4.46. The monoisotopic (exact) mass is 407 g/mol. The zero-order valence-electron chi connectivity index (χ0n) is 15.3. The summed E-state index contributed by atoms with van der Waals surface area (Å²) in [5, 5.41) is 15.9. The fraction of sp³-hybridized carbons (Fsp3) is 0.333. The molecule has 0 aliphatic carbocycles. The molecule has 1 aliphatic heterocycles. The Balaban J connectivity index is 1.37. The molecule has 0 amide bonds. The highest BCUT2D eigenvalue weighted by molar-refractivity contribution is 5.50. The van der Waals surface area contributed by atoms with Gasteiger partial charge in [0, 0.05) is 7.11 Å². The van der Waals surface area contributed by atoms with Crippen LogP contribution in [0.15, 0.2) is 40.8 Å². The number of hydrogen-bond acceptors (Lipinski definition) is 8. The number of rotatable bonds is 6. The maximum absolute atomic E-state index is 13.1. The number of alkyl halides is 3. The molecule has 152 valence electrons. The Hall–Kier alpha value is -3.21. The molecule has 0 spiro atoms. The predicted octanol–water partition coefficient (Wildman–Crippen LogP) is 2.96. The van der Waals surface area contributed by atoms with Crippen LogP contribution in [0.4, 0.5) is 19.0 Å². The van der Waals surface area contributed by atoms with E-state index in [2.05, 4.69) is 20.4 Å². The zero-order valence-corrected chi connectivity index (χ0v) is 15.3. The first kappa shape index (κ1) is 19.1. The van der Waals surface area contributed by atoms with Crippen molar-refractivity contribution in [3.63, 3.8) is 0 Å². The molecule has 0 unspecified atom stereocenters. The number of ether oxygens (including phenoxy) is 2. The van der Waals surface area contributed by atoms with E-state index in [9.17, 15) is 13.2 Å². The molecule has 8 nitrogen and oxygen atoms in total. The Morgan fingerprint density at radius 3 is 2.55 bits per heavy atom. The first-order chi connectivity index (χ1) is 13.9. The van der Waals surface area contributed by atoms with Gasteiger partial charge < -0.3 is 18.8 Å². The van der Waals surface area contributed by atoms with Crippen LogP contribution in [0.25, 0.3) is 11.6 Å². The molecule has 0 atom stereocenters. The van der Waals surface area contributed by atoms with Crippen LogP contribution in [-0.2, 0) is 17.5 Å². The summed E-state index contributed by atoms with van der Waals surface area (Å²) in [4.78, 5) is 1.85. The molecule has 1 saturated heterocycles. The Morgan fingerprint density at radius 2 is 1.86 bits per heavy atom. The molecule has 0 saturated carbocycles. The van der Waals surface area contributed by atoms with Crippen molar-refractivity contribution in [2.75, 3.05) is 25.1 Å². The molecule has 1 fully saturated rings. The van der Waals surface area contributed by atoms with E-state index in [1.165, 1.54) is 25.3 Å². The fourth-order valence-electron chi connectivity index (χ4n) is 2.83. The summed E-state index contributed by atoms with van der Waals surface area (Å²) in [5.74, 6) is 0.962. The van der Waals surface area contributed by atoms with Crippen molar-refractivity contribution < 1.29 is 27.1 Å². The maximum Gasteiger partial charge on any atom is 0.419 e. The third-order valence-electron chi connectivity index (χ3n) is 4.26. The van der Waals surface area contributed by atoms with Gasteiger partial charge in [0.15, 0.2) is 5.82 Å². The standard InChI is InChI=1S/C18H16F3N5O3/c1-27-10-16-24-25-17(29-16)13-6-7-15(23-22-13)26-8-11(9-26)28-14-5-3-2-4-12(14)18(19,20)21/h2-7,11H,8-10H2,1H3. The highest BCUT2D eigenvalue weighted by atomic mass is 19.4. The van der Waals surface area contributed by atoms with Crippen LogP contribution in [0.3, 0.4) is 0 Å². The van der Waals surface area contributed by atoms with E-state index in [1.807, 2.05) is 4.90 Å². The van der Waals surface area contributed by atoms with E-state index in [1.54, 1.807) is 12.1 Å².